The second-order valence-corrected chi connectivity index (χ2v) is 6.70. The second-order valence-electron chi connectivity index (χ2n) is 6.70. The van der Waals surface area contributed by atoms with Crippen LogP contribution in [0.2, 0.25) is 0 Å². The van der Waals surface area contributed by atoms with Crippen molar-refractivity contribution in [3.8, 4) is 0 Å². The van der Waals surface area contributed by atoms with Gasteiger partial charge in [-0.25, -0.2) is 4.98 Å². The van der Waals surface area contributed by atoms with Crippen molar-refractivity contribution in [1.82, 2.24) is 14.3 Å². The molecule has 1 aromatic carbocycles. The van der Waals surface area contributed by atoms with Crippen LogP contribution in [0.1, 0.15) is 46.4 Å². The van der Waals surface area contributed by atoms with Crippen molar-refractivity contribution in [3.63, 3.8) is 0 Å². The van der Waals surface area contributed by atoms with Gasteiger partial charge >= 0.3 is 0 Å². The molecule has 1 fully saturated rings. The number of para-hydroxylation sites is 1. The molecule has 1 saturated heterocycles. The number of likely N-dealkylation sites (tertiary alicyclic amines) is 1. The Hall–Kier alpha value is -3.15. The van der Waals surface area contributed by atoms with E-state index in [1.165, 1.54) is 0 Å². The molecule has 6 heteroatoms. The van der Waals surface area contributed by atoms with E-state index in [1.54, 1.807) is 10.6 Å². The predicted octanol–water partition coefficient (Wildman–Crippen LogP) is 3.39. The van der Waals surface area contributed by atoms with Crippen LogP contribution in [-0.4, -0.2) is 39.2 Å². The molecule has 0 atom stereocenters. The Kier molecular flexibility index (Phi) is 4.62. The average Bonchev–Trinajstić information content (AvgIpc) is 3.36. The first-order chi connectivity index (χ1) is 13.2. The molecule has 0 unspecified atom stereocenters. The molecule has 4 rings (SSSR count). The summed E-state index contributed by atoms with van der Waals surface area (Å²) in [4.78, 5) is 32.1. The monoisotopic (exact) mass is 362 g/mol. The van der Waals surface area contributed by atoms with Crippen LogP contribution in [0.15, 0.2) is 48.7 Å². The number of carbonyl (C=O) groups is 2. The van der Waals surface area contributed by atoms with Crippen LogP contribution in [-0.2, 0) is 6.42 Å². The molecule has 3 aromatic rings. The van der Waals surface area contributed by atoms with Crippen LogP contribution in [0.5, 0.6) is 0 Å². The number of aryl methyl sites for hydroxylation is 1. The number of aromatic nitrogens is 2. The third-order valence-electron chi connectivity index (χ3n) is 4.99. The number of fused-ring (bicyclic) bond motifs is 1. The zero-order valence-corrected chi connectivity index (χ0v) is 15.3. The van der Waals surface area contributed by atoms with E-state index < -0.39 is 0 Å². The highest BCUT2D eigenvalue weighted by Crippen LogP contribution is 2.20. The second kappa shape index (κ2) is 7.23. The summed E-state index contributed by atoms with van der Waals surface area (Å²) in [6.45, 7) is 3.54. The van der Waals surface area contributed by atoms with Crippen LogP contribution in [0.25, 0.3) is 5.52 Å². The zero-order chi connectivity index (χ0) is 18.8. The molecule has 138 valence electrons. The van der Waals surface area contributed by atoms with Crippen molar-refractivity contribution in [2.45, 2.75) is 26.2 Å². The molecule has 1 aliphatic heterocycles. The van der Waals surface area contributed by atoms with Gasteiger partial charge in [0.25, 0.3) is 11.8 Å². The number of hydrogen-bond donors (Lipinski definition) is 1. The zero-order valence-electron chi connectivity index (χ0n) is 15.3. The van der Waals surface area contributed by atoms with E-state index >= 15 is 0 Å². The Labute approximate surface area is 157 Å². The summed E-state index contributed by atoms with van der Waals surface area (Å²) in [6, 6.07) is 13.2. The lowest BCUT2D eigenvalue weighted by molar-refractivity contribution is 0.0789. The van der Waals surface area contributed by atoms with Crippen molar-refractivity contribution in [2.75, 3.05) is 18.4 Å². The van der Waals surface area contributed by atoms with Crippen molar-refractivity contribution in [3.05, 3.63) is 65.7 Å². The Morgan fingerprint density at radius 2 is 1.81 bits per heavy atom. The van der Waals surface area contributed by atoms with Gasteiger partial charge in [0.05, 0.1) is 5.52 Å². The molecule has 0 spiro atoms. The van der Waals surface area contributed by atoms with Gasteiger partial charge in [-0.05, 0) is 43.0 Å². The minimum atomic E-state index is -0.322. The van der Waals surface area contributed by atoms with E-state index in [9.17, 15) is 9.59 Å². The molecule has 0 aliphatic carbocycles. The first-order valence-corrected chi connectivity index (χ1v) is 9.34. The number of anilines is 1. The molecular formula is C21H22N4O2. The quantitative estimate of drug-likeness (QED) is 0.774. The summed E-state index contributed by atoms with van der Waals surface area (Å²) >= 11 is 0. The fourth-order valence-electron chi connectivity index (χ4n) is 3.55. The predicted molar refractivity (Wildman–Crippen MR) is 104 cm³/mol. The van der Waals surface area contributed by atoms with Crippen molar-refractivity contribution in [2.24, 2.45) is 0 Å². The molecule has 0 bridgehead atoms. The molecule has 0 saturated carbocycles. The Morgan fingerprint density at radius 3 is 2.59 bits per heavy atom. The highest BCUT2D eigenvalue weighted by molar-refractivity contribution is 6.06. The summed E-state index contributed by atoms with van der Waals surface area (Å²) in [5, 5.41) is 2.94. The average molecular weight is 362 g/mol. The van der Waals surface area contributed by atoms with Crippen LogP contribution in [0, 0.1) is 0 Å². The lowest BCUT2D eigenvalue weighted by atomic mass is 10.1. The first-order valence-electron chi connectivity index (χ1n) is 9.34. The fraction of sp³-hybridized carbons (Fsp3) is 0.286. The number of hydrogen-bond acceptors (Lipinski definition) is 3. The summed E-state index contributed by atoms with van der Waals surface area (Å²) in [7, 11) is 0. The molecule has 6 nitrogen and oxygen atoms in total. The van der Waals surface area contributed by atoms with Gasteiger partial charge in [-0.3, -0.25) is 14.0 Å². The normalized spacial score (nSPS) is 13.9. The SMILES string of the molecule is CCc1ccccc1NC(=O)c1nc(C(=O)N2CCCC2)c2ccccn12. The maximum Gasteiger partial charge on any atom is 0.292 e. The third-order valence-corrected chi connectivity index (χ3v) is 4.99. The van der Waals surface area contributed by atoms with Gasteiger partial charge in [0.15, 0.2) is 5.69 Å². The summed E-state index contributed by atoms with van der Waals surface area (Å²) in [5.74, 6) is -0.208. The van der Waals surface area contributed by atoms with E-state index in [4.69, 9.17) is 0 Å². The van der Waals surface area contributed by atoms with Gasteiger partial charge in [-0.1, -0.05) is 31.2 Å². The smallest absolute Gasteiger partial charge is 0.292 e. The van der Waals surface area contributed by atoms with Crippen molar-refractivity contribution in [1.29, 1.82) is 0 Å². The molecule has 1 N–H and O–H groups in total. The van der Waals surface area contributed by atoms with Crippen LogP contribution < -0.4 is 5.32 Å². The lowest BCUT2D eigenvalue weighted by Gasteiger charge is -2.13. The number of rotatable bonds is 4. The number of carbonyl (C=O) groups excluding carboxylic acids is 2. The topological polar surface area (TPSA) is 66.7 Å². The van der Waals surface area contributed by atoms with E-state index in [2.05, 4.69) is 10.3 Å². The van der Waals surface area contributed by atoms with Gasteiger partial charge in [-0.2, -0.15) is 0 Å². The fourth-order valence-corrected chi connectivity index (χ4v) is 3.55. The number of benzene rings is 1. The van der Waals surface area contributed by atoms with Gasteiger partial charge in [0.1, 0.15) is 0 Å². The number of nitrogens with zero attached hydrogens (tertiary/aromatic N) is 3. The standard InChI is InChI=1S/C21H22N4O2/c1-2-15-9-3-4-10-16(15)22-20(26)19-23-18(17-11-5-6-14-25(17)19)21(27)24-12-7-8-13-24/h3-6,9-11,14H,2,7-8,12-13H2,1H3,(H,22,26). The van der Waals surface area contributed by atoms with Crippen LogP contribution >= 0.6 is 0 Å². The number of pyridine rings is 1. The number of nitrogens with one attached hydrogen (secondary N) is 1. The molecule has 2 amide bonds. The van der Waals surface area contributed by atoms with E-state index in [0.717, 1.165) is 43.6 Å². The highest BCUT2D eigenvalue weighted by Gasteiger charge is 2.26. The summed E-state index contributed by atoms with van der Waals surface area (Å²) in [6.07, 6.45) is 4.61. The van der Waals surface area contributed by atoms with E-state index in [-0.39, 0.29) is 17.6 Å². The summed E-state index contributed by atoms with van der Waals surface area (Å²) in [5.41, 5.74) is 2.82. The maximum absolute atomic E-state index is 12.9. The number of imidazole rings is 1. The highest BCUT2D eigenvalue weighted by atomic mass is 16.2. The minimum absolute atomic E-state index is 0.107. The van der Waals surface area contributed by atoms with E-state index in [1.807, 2.05) is 54.3 Å². The van der Waals surface area contributed by atoms with Crippen LogP contribution in [0.4, 0.5) is 5.69 Å². The Morgan fingerprint density at radius 1 is 1.07 bits per heavy atom. The largest absolute Gasteiger partial charge is 0.337 e. The minimum Gasteiger partial charge on any atom is -0.337 e. The molecule has 0 radical (unpaired) electrons. The molecule has 2 aromatic heterocycles. The molecule has 27 heavy (non-hydrogen) atoms. The van der Waals surface area contributed by atoms with Gasteiger partial charge < -0.3 is 10.2 Å². The van der Waals surface area contributed by atoms with Gasteiger partial charge in [0, 0.05) is 25.0 Å². The molecular weight excluding hydrogens is 340 g/mol. The number of amides is 2. The van der Waals surface area contributed by atoms with Gasteiger partial charge in [0.2, 0.25) is 5.82 Å². The Bertz CT molecular complexity index is 1000. The summed E-state index contributed by atoms with van der Waals surface area (Å²) < 4.78 is 1.69. The van der Waals surface area contributed by atoms with Crippen LogP contribution in [0.3, 0.4) is 0 Å². The Balaban J connectivity index is 1.71. The maximum atomic E-state index is 12.9. The first kappa shape index (κ1) is 17.3. The van der Waals surface area contributed by atoms with E-state index in [0.29, 0.717) is 11.2 Å². The lowest BCUT2D eigenvalue weighted by Crippen LogP contribution is -2.28. The van der Waals surface area contributed by atoms with Gasteiger partial charge in [-0.15, -0.1) is 0 Å². The van der Waals surface area contributed by atoms with Crippen molar-refractivity contribution >= 4 is 23.0 Å². The molecule has 3 heterocycles. The third kappa shape index (κ3) is 3.18. The molecule has 1 aliphatic rings. The van der Waals surface area contributed by atoms with Crippen molar-refractivity contribution < 1.29 is 9.59 Å².